The van der Waals surface area contributed by atoms with E-state index in [1.54, 1.807) is 54.6 Å². The number of hydrogen-bond donors (Lipinski definition) is 1. The van der Waals surface area contributed by atoms with Gasteiger partial charge in [-0.2, -0.15) is 5.10 Å². The summed E-state index contributed by atoms with van der Waals surface area (Å²) in [4.78, 5) is 35.2. The Morgan fingerprint density at radius 1 is 0.674 bits per heavy atom. The van der Waals surface area contributed by atoms with E-state index < -0.39 is 5.97 Å². The second kappa shape index (κ2) is 12.7. The summed E-state index contributed by atoms with van der Waals surface area (Å²) in [5.74, 6) is -0.434. The number of aromatic nitrogens is 2. The van der Waals surface area contributed by atoms with E-state index in [1.807, 2.05) is 72.8 Å². The van der Waals surface area contributed by atoms with E-state index in [9.17, 15) is 9.59 Å². The Bertz CT molecular complexity index is 1960. The Hall–Kier alpha value is -5.22. The highest BCUT2D eigenvalue weighted by molar-refractivity contribution is 14.1. The summed E-state index contributed by atoms with van der Waals surface area (Å²) in [7, 11) is 0. The summed E-state index contributed by atoms with van der Waals surface area (Å²) in [5, 5.41) is 4.02. The van der Waals surface area contributed by atoms with Crippen LogP contribution < -0.4 is 10.2 Å². The van der Waals surface area contributed by atoms with E-state index in [0.29, 0.717) is 27.9 Å². The number of rotatable bonds is 7. The van der Waals surface area contributed by atoms with Crippen molar-refractivity contribution in [3.63, 3.8) is 0 Å². The third-order valence-corrected chi connectivity index (χ3v) is 7.22. The van der Waals surface area contributed by atoms with Crippen molar-refractivity contribution in [1.29, 1.82) is 0 Å². The molecule has 1 heterocycles. The van der Waals surface area contributed by atoms with Gasteiger partial charge in [0.05, 0.1) is 34.2 Å². The van der Waals surface area contributed by atoms with E-state index in [4.69, 9.17) is 14.7 Å². The van der Waals surface area contributed by atoms with Crippen LogP contribution in [0.2, 0.25) is 0 Å². The molecule has 1 aromatic heterocycles. The number of carbonyl (C=O) groups is 2. The molecule has 8 heteroatoms. The zero-order valence-electron chi connectivity index (χ0n) is 22.6. The van der Waals surface area contributed by atoms with Gasteiger partial charge in [0.15, 0.2) is 0 Å². The predicted octanol–water partition coefficient (Wildman–Crippen LogP) is 7.55. The number of fused-ring (bicyclic) bond motifs is 1. The largest absolute Gasteiger partial charge is 0.423 e. The van der Waals surface area contributed by atoms with E-state index in [0.717, 1.165) is 31.6 Å². The highest BCUT2D eigenvalue weighted by atomic mass is 127. The number of carbonyl (C=O) groups excluding carboxylic acids is 2. The van der Waals surface area contributed by atoms with Gasteiger partial charge in [-0.25, -0.2) is 20.2 Å². The van der Waals surface area contributed by atoms with E-state index in [1.165, 1.54) is 6.21 Å². The van der Waals surface area contributed by atoms with Gasteiger partial charge in [-0.15, -0.1) is 0 Å². The summed E-state index contributed by atoms with van der Waals surface area (Å²) < 4.78 is 6.59. The number of nitrogens with zero attached hydrogens (tertiary/aromatic N) is 3. The molecule has 1 amide bonds. The maximum Gasteiger partial charge on any atom is 0.343 e. The maximum atomic E-state index is 13.0. The first kappa shape index (κ1) is 27.9. The summed E-state index contributed by atoms with van der Waals surface area (Å²) in [6.45, 7) is 0. The van der Waals surface area contributed by atoms with E-state index in [2.05, 4.69) is 33.1 Å². The second-order valence-corrected chi connectivity index (χ2v) is 10.8. The molecule has 0 aliphatic heterocycles. The minimum Gasteiger partial charge on any atom is -0.423 e. The van der Waals surface area contributed by atoms with Crippen molar-refractivity contribution < 1.29 is 14.3 Å². The third-order valence-electron chi connectivity index (χ3n) is 6.55. The number of benzene rings is 5. The van der Waals surface area contributed by atoms with Gasteiger partial charge >= 0.3 is 5.97 Å². The van der Waals surface area contributed by atoms with Crippen LogP contribution in [0.15, 0.2) is 132 Å². The zero-order chi connectivity index (χ0) is 29.6. The molecule has 5 aromatic carbocycles. The molecule has 0 radical (unpaired) electrons. The molecule has 0 aliphatic carbocycles. The van der Waals surface area contributed by atoms with Crippen LogP contribution >= 0.6 is 22.6 Å². The van der Waals surface area contributed by atoms with Crippen LogP contribution in [0.4, 0.5) is 0 Å². The van der Waals surface area contributed by atoms with Crippen molar-refractivity contribution in [2.45, 2.75) is 0 Å². The lowest BCUT2D eigenvalue weighted by Gasteiger charge is -2.11. The molecule has 0 atom stereocenters. The first-order chi connectivity index (χ1) is 21.0. The Balaban J connectivity index is 1.18. The van der Waals surface area contributed by atoms with Crippen LogP contribution in [-0.4, -0.2) is 28.1 Å². The Labute approximate surface area is 261 Å². The Morgan fingerprint density at radius 3 is 1.98 bits per heavy atom. The van der Waals surface area contributed by atoms with E-state index in [-0.39, 0.29) is 5.91 Å². The summed E-state index contributed by atoms with van der Waals surface area (Å²) in [5.41, 5.74) is 8.79. The molecule has 0 saturated carbocycles. The number of hydrazone groups is 1. The second-order valence-electron chi connectivity index (χ2n) is 9.52. The molecule has 0 bridgehead atoms. The van der Waals surface area contributed by atoms with Gasteiger partial charge in [0.25, 0.3) is 5.91 Å². The van der Waals surface area contributed by atoms with Crippen molar-refractivity contribution in [3.05, 3.63) is 148 Å². The number of esters is 1. The van der Waals surface area contributed by atoms with Crippen LogP contribution in [0.5, 0.6) is 5.75 Å². The molecule has 43 heavy (non-hydrogen) atoms. The number of hydrogen-bond acceptors (Lipinski definition) is 6. The molecule has 1 N–H and O–H groups in total. The molecule has 6 aromatic rings. The summed E-state index contributed by atoms with van der Waals surface area (Å²) >= 11 is 2.15. The van der Waals surface area contributed by atoms with Crippen LogP contribution in [-0.2, 0) is 0 Å². The van der Waals surface area contributed by atoms with Gasteiger partial charge in [-0.3, -0.25) is 4.79 Å². The van der Waals surface area contributed by atoms with E-state index >= 15 is 0 Å². The number of amides is 1. The fraction of sp³-hybridized carbons (Fsp3) is 0. The van der Waals surface area contributed by atoms with Crippen LogP contribution in [0.25, 0.3) is 33.5 Å². The first-order valence-electron chi connectivity index (χ1n) is 13.4. The molecule has 0 unspecified atom stereocenters. The highest BCUT2D eigenvalue weighted by Gasteiger charge is 2.16. The molecule has 208 valence electrons. The average molecular weight is 674 g/mol. The average Bonchev–Trinajstić information content (AvgIpc) is 3.05. The zero-order valence-corrected chi connectivity index (χ0v) is 24.8. The molecular formula is C35H23IN4O3. The molecular weight excluding hydrogens is 651 g/mol. The number of nitrogens with one attached hydrogen (secondary N) is 1. The van der Waals surface area contributed by atoms with Crippen molar-refractivity contribution in [1.82, 2.24) is 15.4 Å². The minimum atomic E-state index is -0.511. The standard InChI is InChI=1S/C35H23IN4O3/c36-28-13-7-12-26(20-28)34(41)40-37-22-23-14-17-29(18-15-23)43-35(42)27-16-19-30-31(21-27)39-33(25-10-5-2-6-11-25)32(38-30)24-8-3-1-4-9-24/h1-22H,(H,40,41)/b37-22-. The van der Waals surface area contributed by atoms with Crippen LogP contribution in [0.3, 0.4) is 0 Å². The number of ether oxygens (including phenoxy) is 1. The van der Waals surface area contributed by atoms with Crippen molar-refractivity contribution >= 4 is 51.7 Å². The fourth-order valence-corrected chi connectivity index (χ4v) is 4.97. The number of halogens is 1. The highest BCUT2D eigenvalue weighted by Crippen LogP contribution is 2.31. The molecule has 0 aliphatic rings. The van der Waals surface area contributed by atoms with Crippen molar-refractivity contribution in [2.75, 3.05) is 0 Å². The topological polar surface area (TPSA) is 93.5 Å². The van der Waals surface area contributed by atoms with Crippen molar-refractivity contribution in [2.24, 2.45) is 5.10 Å². The SMILES string of the molecule is O=C(N/N=C\c1ccc(OC(=O)c2ccc3nc(-c4ccccc4)c(-c4ccccc4)nc3c2)cc1)c1cccc(I)c1. The lowest BCUT2D eigenvalue weighted by Crippen LogP contribution is -2.17. The third kappa shape index (κ3) is 6.65. The van der Waals surface area contributed by atoms with Crippen molar-refractivity contribution in [3.8, 4) is 28.3 Å². The monoisotopic (exact) mass is 674 g/mol. The first-order valence-corrected chi connectivity index (χ1v) is 14.5. The Morgan fingerprint density at radius 2 is 1.33 bits per heavy atom. The van der Waals surface area contributed by atoms with Gasteiger partial charge in [-0.1, -0.05) is 66.7 Å². The summed E-state index contributed by atoms with van der Waals surface area (Å²) in [6.07, 6.45) is 1.52. The normalized spacial score (nSPS) is 11.0. The molecule has 6 rings (SSSR count). The molecule has 0 fully saturated rings. The van der Waals surface area contributed by atoms with Crippen LogP contribution in [0, 0.1) is 3.57 Å². The molecule has 0 spiro atoms. The van der Waals surface area contributed by atoms with Gasteiger partial charge in [-0.05, 0) is 88.8 Å². The predicted molar refractivity (Wildman–Crippen MR) is 176 cm³/mol. The van der Waals surface area contributed by atoms with Gasteiger partial charge in [0, 0.05) is 20.3 Å². The van der Waals surface area contributed by atoms with Gasteiger partial charge in [0.1, 0.15) is 5.75 Å². The molecule has 0 saturated heterocycles. The summed E-state index contributed by atoms with van der Waals surface area (Å²) in [6, 6.07) is 39.0. The smallest absolute Gasteiger partial charge is 0.343 e. The lowest BCUT2D eigenvalue weighted by atomic mass is 10.0. The fourth-order valence-electron chi connectivity index (χ4n) is 4.42. The van der Waals surface area contributed by atoms with Crippen LogP contribution in [0.1, 0.15) is 26.3 Å². The minimum absolute atomic E-state index is 0.299. The quantitative estimate of drug-likeness (QED) is 0.0621. The maximum absolute atomic E-state index is 13.0. The van der Waals surface area contributed by atoms with Gasteiger partial charge < -0.3 is 4.74 Å². The Kier molecular flexibility index (Phi) is 8.28. The van der Waals surface area contributed by atoms with Gasteiger partial charge in [0.2, 0.25) is 0 Å². The lowest BCUT2D eigenvalue weighted by molar-refractivity contribution is 0.0734. The molecule has 7 nitrogen and oxygen atoms in total.